The van der Waals surface area contributed by atoms with Crippen molar-refractivity contribution >= 4 is 45.3 Å². The van der Waals surface area contributed by atoms with Crippen LogP contribution in [0.25, 0.3) is 0 Å². The Morgan fingerprint density at radius 3 is 2.47 bits per heavy atom. The van der Waals surface area contributed by atoms with E-state index in [4.69, 9.17) is 16.8 Å². The Morgan fingerprint density at radius 2 is 1.87 bits per heavy atom. The van der Waals surface area contributed by atoms with Gasteiger partial charge in [0.25, 0.3) is 16.1 Å². The van der Waals surface area contributed by atoms with Crippen LogP contribution in [0, 0.1) is 0 Å². The van der Waals surface area contributed by atoms with E-state index in [1.165, 1.54) is 21.5 Å². The van der Waals surface area contributed by atoms with Crippen LogP contribution in [0.2, 0.25) is 5.02 Å². The van der Waals surface area contributed by atoms with Crippen molar-refractivity contribution in [2.75, 3.05) is 36.8 Å². The van der Waals surface area contributed by atoms with Crippen LogP contribution in [0.3, 0.4) is 0 Å². The molecule has 0 spiro atoms. The van der Waals surface area contributed by atoms with E-state index < -0.39 is 22.2 Å². The molecule has 1 fully saturated rings. The lowest BCUT2D eigenvalue weighted by atomic mass is 10.3. The monoisotopic (exact) mass is 471 g/mol. The first-order valence-corrected chi connectivity index (χ1v) is 11.9. The van der Waals surface area contributed by atoms with Gasteiger partial charge in [0, 0.05) is 43.0 Å². The summed E-state index contributed by atoms with van der Waals surface area (Å²) in [6.45, 7) is 1.37. The number of hydroxylamine groups is 1. The second-order valence-electron chi connectivity index (χ2n) is 6.50. The molecule has 1 saturated heterocycles. The minimum Gasteiger partial charge on any atom is -0.354 e. The topological polar surface area (TPSA) is 115 Å². The number of nitrogens with zero attached hydrogens (tertiary/aromatic N) is 3. The number of halogens is 1. The quantitative estimate of drug-likeness (QED) is 0.302. The molecule has 3 rings (SSSR count). The number of anilines is 1. The van der Waals surface area contributed by atoms with E-state index in [2.05, 4.69) is 9.71 Å². The molecular weight excluding hydrogens is 450 g/mol. The SMILES string of the molecule is O=C(NO)[C@H](CSc1ccccc1)NS(=O)(=O)N1CCN(c2ccc(Cl)cn2)CC1. The van der Waals surface area contributed by atoms with Crippen molar-refractivity contribution in [3.8, 4) is 0 Å². The summed E-state index contributed by atoms with van der Waals surface area (Å²) in [4.78, 5) is 19.1. The summed E-state index contributed by atoms with van der Waals surface area (Å²) in [5.74, 6) is 0.0387. The number of rotatable bonds is 8. The van der Waals surface area contributed by atoms with Gasteiger partial charge in [-0.25, -0.2) is 10.5 Å². The van der Waals surface area contributed by atoms with E-state index in [1.54, 1.807) is 18.3 Å². The molecule has 1 aromatic heterocycles. The van der Waals surface area contributed by atoms with Crippen molar-refractivity contribution in [1.29, 1.82) is 0 Å². The van der Waals surface area contributed by atoms with Crippen LogP contribution in [0.4, 0.5) is 5.82 Å². The first kappa shape index (κ1) is 22.8. The van der Waals surface area contributed by atoms with Gasteiger partial charge in [-0.05, 0) is 24.3 Å². The number of benzene rings is 1. The fourth-order valence-corrected chi connectivity index (χ4v) is 5.41. The van der Waals surface area contributed by atoms with E-state index in [-0.39, 0.29) is 18.8 Å². The highest BCUT2D eigenvalue weighted by molar-refractivity contribution is 7.99. The molecule has 9 nitrogen and oxygen atoms in total. The van der Waals surface area contributed by atoms with Gasteiger partial charge in [-0.15, -0.1) is 11.8 Å². The second kappa shape index (κ2) is 10.4. The highest BCUT2D eigenvalue weighted by Crippen LogP contribution is 2.20. The van der Waals surface area contributed by atoms with E-state index in [1.807, 2.05) is 35.2 Å². The molecular formula is C18H22ClN5O4S2. The van der Waals surface area contributed by atoms with Crippen LogP contribution >= 0.6 is 23.4 Å². The van der Waals surface area contributed by atoms with Crippen molar-refractivity contribution in [1.82, 2.24) is 19.5 Å². The van der Waals surface area contributed by atoms with Crippen molar-refractivity contribution in [3.63, 3.8) is 0 Å². The molecule has 2 aromatic rings. The van der Waals surface area contributed by atoms with Gasteiger partial charge in [0.1, 0.15) is 11.9 Å². The van der Waals surface area contributed by atoms with Gasteiger partial charge in [-0.2, -0.15) is 17.4 Å². The van der Waals surface area contributed by atoms with Crippen LogP contribution in [-0.2, 0) is 15.0 Å². The molecule has 0 aliphatic carbocycles. The Kier molecular flexibility index (Phi) is 7.92. The molecule has 1 amide bonds. The molecule has 0 radical (unpaired) electrons. The first-order chi connectivity index (χ1) is 14.4. The molecule has 0 bridgehead atoms. The van der Waals surface area contributed by atoms with Crippen LogP contribution in [0.1, 0.15) is 0 Å². The van der Waals surface area contributed by atoms with Crippen LogP contribution in [0.5, 0.6) is 0 Å². The van der Waals surface area contributed by atoms with E-state index in [9.17, 15) is 13.2 Å². The number of aromatic nitrogens is 1. The zero-order chi connectivity index (χ0) is 21.6. The molecule has 3 N–H and O–H groups in total. The zero-order valence-corrected chi connectivity index (χ0v) is 18.3. The van der Waals surface area contributed by atoms with Gasteiger partial charge in [0.05, 0.1) is 5.02 Å². The largest absolute Gasteiger partial charge is 0.354 e. The molecule has 1 atom stereocenters. The average Bonchev–Trinajstić information content (AvgIpc) is 2.77. The van der Waals surface area contributed by atoms with Crippen LogP contribution < -0.4 is 15.1 Å². The zero-order valence-electron chi connectivity index (χ0n) is 15.9. The fourth-order valence-electron chi connectivity index (χ4n) is 2.90. The molecule has 0 unspecified atom stereocenters. The summed E-state index contributed by atoms with van der Waals surface area (Å²) in [6.07, 6.45) is 1.55. The predicted molar refractivity (Wildman–Crippen MR) is 116 cm³/mol. The molecule has 12 heteroatoms. The Bertz CT molecular complexity index is 939. The number of pyridine rings is 1. The Morgan fingerprint density at radius 1 is 1.17 bits per heavy atom. The minimum absolute atomic E-state index is 0.129. The molecule has 162 valence electrons. The van der Waals surface area contributed by atoms with E-state index in [0.29, 0.717) is 18.1 Å². The first-order valence-electron chi connectivity index (χ1n) is 9.15. The van der Waals surface area contributed by atoms with Gasteiger partial charge >= 0.3 is 0 Å². The number of hydrogen-bond donors (Lipinski definition) is 3. The lowest BCUT2D eigenvalue weighted by Crippen LogP contribution is -2.56. The smallest absolute Gasteiger partial charge is 0.280 e. The number of hydrogen-bond acceptors (Lipinski definition) is 7. The van der Waals surface area contributed by atoms with Gasteiger partial charge < -0.3 is 4.90 Å². The highest BCUT2D eigenvalue weighted by atomic mass is 35.5. The van der Waals surface area contributed by atoms with Gasteiger partial charge in [0.2, 0.25) is 0 Å². The maximum atomic E-state index is 12.8. The average molecular weight is 472 g/mol. The number of piperazine rings is 1. The molecule has 30 heavy (non-hydrogen) atoms. The standard InChI is InChI=1S/C18H22ClN5O4S2/c19-14-6-7-17(20-12-14)23-8-10-24(11-9-23)30(27,28)22-16(18(25)21-26)13-29-15-4-2-1-3-5-15/h1-7,12,16,22,26H,8-11,13H2,(H,21,25)/t16-/m0/s1. The normalized spacial score (nSPS) is 16.3. The summed E-state index contributed by atoms with van der Waals surface area (Å²) >= 11 is 7.17. The molecule has 1 aliphatic rings. The Labute approximate surface area is 184 Å². The lowest BCUT2D eigenvalue weighted by Gasteiger charge is -2.35. The molecule has 1 aliphatic heterocycles. The van der Waals surface area contributed by atoms with Gasteiger partial charge in [-0.1, -0.05) is 29.8 Å². The van der Waals surface area contributed by atoms with Crippen molar-refractivity contribution in [2.45, 2.75) is 10.9 Å². The van der Waals surface area contributed by atoms with Crippen LogP contribution in [0.15, 0.2) is 53.6 Å². The van der Waals surface area contributed by atoms with E-state index >= 15 is 0 Å². The Balaban J connectivity index is 1.60. The third kappa shape index (κ3) is 6.06. The Hall–Kier alpha value is -1.89. The van der Waals surface area contributed by atoms with E-state index in [0.717, 1.165) is 10.7 Å². The number of nitrogens with one attached hydrogen (secondary N) is 2. The predicted octanol–water partition coefficient (Wildman–Crippen LogP) is 1.36. The highest BCUT2D eigenvalue weighted by Gasteiger charge is 2.31. The molecule has 0 saturated carbocycles. The summed E-state index contributed by atoms with van der Waals surface area (Å²) in [5, 5.41) is 9.54. The third-order valence-electron chi connectivity index (χ3n) is 4.49. The number of carbonyl (C=O) groups excluding carboxylic acids is 1. The minimum atomic E-state index is -3.92. The number of amides is 1. The summed E-state index contributed by atoms with van der Waals surface area (Å²) < 4.78 is 29.3. The van der Waals surface area contributed by atoms with Crippen molar-refractivity contribution in [3.05, 3.63) is 53.7 Å². The third-order valence-corrected chi connectivity index (χ3v) is 7.45. The number of thioether (sulfide) groups is 1. The second-order valence-corrected chi connectivity index (χ2v) is 9.73. The maximum Gasteiger partial charge on any atom is 0.280 e. The molecule has 2 heterocycles. The fraction of sp³-hybridized carbons (Fsp3) is 0.333. The summed E-state index contributed by atoms with van der Waals surface area (Å²) in [7, 11) is -3.92. The van der Waals surface area contributed by atoms with Gasteiger partial charge in [-0.3, -0.25) is 10.0 Å². The maximum absolute atomic E-state index is 12.8. The van der Waals surface area contributed by atoms with Crippen LogP contribution in [-0.4, -0.2) is 66.8 Å². The number of carbonyl (C=O) groups is 1. The molecule has 1 aromatic carbocycles. The lowest BCUT2D eigenvalue weighted by molar-refractivity contribution is -0.130. The van der Waals surface area contributed by atoms with Crippen molar-refractivity contribution < 1.29 is 18.4 Å². The summed E-state index contributed by atoms with van der Waals surface area (Å²) in [5.41, 5.74) is 1.53. The van der Waals surface area contributed by atoms with Gasteiger partial charge in [0.15, 0.2) is 0 Å². The summed E-state index contributed by atoms with van der Waals surface area (Å²) in [6, 6.07) is 11.7. The van der Waals surface area contributed by atoms with Crippen molar-refractivity contribution in [2.24, 2.45) is 0 Å².